The standard InChI is InChI=1S/C15H30N2Si/c1-3-14-18(2)15(16-10-6-4-7-11-16)17-12-8-5-9-13-17/h3,14-15,18H,4-13H2,1-2H3. The summed E-state index contributed by atoms with van der Waals surface area (Å²) in [6.45, 7) is 10.1. The second kappa shape index (κ2) is 7.46. The minimum absolute atomic E-state index is 0.792. The van der Waals surface area contributed by atoms with Crippen molar-refractivity contribution < 1.29 is 0 Å². The van der Waals surface area contributed by atoms with E-state index in [0.717, 1.165) is 5.79 Å². The van der Waals surface area contributed by atoms with E-state index in [0.29, 0.717) is 0 Å². The Morgan fingerprint density at radius 1 is 0.833 bits per heavy atom. The van der Waals surface area contributed by atoms with Crippen molar-refractivity contribution in [3.63, 3.8) is 0 Å². The zero-order chi connectivity index (χ0) is 12.8. The lowest BCUT2D eigenvalue weighted by Crippen LogP contribution is -2.58. The first-order valence-corrected chi connectivity index (χ1v) is 10.4. The highest BCUT2D eigenvalue weighted by molar-refractivity contribution is 6.64. The Hall–Kier alpha value is -0.123. The Labute approximate surface area is 115 Å². The minimum Gasteiger partial charge on any atom is -0.291 e. The van der Waals surface area contributed by atoms with Gasteiger partial charge in [0.1, 0.15) is 0 Å². The van der Waals surface area contributed by atoms with E-state index in [9.17, 15) is 0 Å². The van der Waals surface area contributed by atoms with Gasteiger partial charge >= 0.3 is 0 Å². The number of likely N-dealkylation sites (tertiary alicyclic amines) is 2. The number of hydrogen-bond donors (Lipinski definition) is 0. The van der Waals surface area contributed by atoms with Gasteiger partial charge in [0.2, 0.25) is 0 Å². The maximum atomic E-state index is 2.81. The molecule has 3 heteroatoms. The number of rotatable bonds is 4. The largest absolute Gasteiger partial charge is 0.291 e. The van der Waals surface area contributed by atoms with Gasteiger partial charge in [0.25, 0.3) is 0 Å². The first kappa shape index (κ1) is 14.3. The molecule has 0 amide bonds. The number of allylic oxidation sites excluding steroid dienone is 1. The number of nitrogens with zero attached hydrogens (tertiary/aromatic N) is 2. The quantitative estimate of drug-likeness (QED) is 0.722. The smallest absolute Gasteiger partial charge is 0.0951 e. The second-order valence-corrected chi connectivity index (χ2v) is 8.69. The zero-order valence-corrected chi connectivity index (χ0v) is 13.4. The van der Waals surface area contributed by atoms with Crippen LogP contribution in [0.3, 0.4) is 0 Å². The summed E-state index contributed by atoms with van der Waals surface area (Å²) >= 11 is 0. The molecule has 2 heterocycles. The highest BCUT2D eigenvalue weighted by atomic mass is 28.3. The van der Waals surface area contributed by atoms with Gasteiger partial charge in [-0.15, -0.1) is 0 Å². The van der Waals surface area contributed by atoms with Crippen molar-refractivity contribution in [3.05, 3.63) is 11.8 Å². The van der Waals surface area contributed by atoms with E-state index in [2.05, 4.69) is 35.0 Å². The fourth-order valence-corrected chi connectivity index (χ4v) is 6.40. The van der Waals surface area contributed by atoms with Crippen LogP contribution in [0.2, 0.25) is 6.55 Å². The molecule has 2 aliphatic heterocycles. The van der Waals surface area contributed by atoms with Gasteiger partial charge in [-0.05, 0) is 58.8 Å². The molecule has 2 nitrogen and oxygen atoms in total. The van der Waals surface area contributed by atoms with Crippen LogP contribution in [0.25, 0.3) is 0 Å². The van der Waals surface area contributed by atoms with Crippen molar-refractivity contribution in [1.82, 2.24) is 9.80 Å². The summed E-state index contributed by atoms with van der Waals surface area (Å²) in [5.74, 6) is 0.793. The van der Waals surface area contributed by atoms with Crippen molar-refractivity contribution in [2.45, 2.75) is 57.8 Å². The van der Waals surface area contributed by atoms with Gasteiger partial charge in [0.05, 0.1) is 14.6 Å². The van der Waals surface area contributed by atoms with Crippen LogP contribution in [-0.4, -0.2) is 50.6 Å². The van der Waals surface area contributed by atoms with Gasteiger partial charge in [-0.3, -0.25) is 9.80 Å². The first-order chi connectivity index (χ1) is 8.83. The summed E-state index contributed by atoms with van der Waals surface area (Å²) in [7, 11) is -0.792. The fourth-order valence-electron chi connectivity index (χ4n) is 3.66. The molecule has 0 aliphatic carbocycles. The average Bonchev–Trinajstić information content (AvgIpc) is 2.42. The Balaban J connectivity index is 2.04. The Kier molecular flexibility index (Phi) is 5.92. The topological polar surface area (TPSA) is 6.48 Å². The van der Waals surface area contributed by atoms with E-state index in [1.165, 1.54) is 64.7 Å². The lowest BCUT2D eigenvalue weighted by molar-refractivity contribution is 0.0646. The van der Waals surface area contributed by atoms with Crippen LogP contribution in [-0.2, 0) is 0 Å². The SMILES string of the molecule is CC=C[SiH](C)C(N1CCCCC1)N1CCCCC1. The van der Waals surface area contributed by atoms with Gasteiger partial charge in [-0.1, -0.05) is 31.2 Å². The van der Waals surface area contributed by atoms with E-state index in [1.807, 2.05) is 0 Å². The van der Waals surface area contributed by atoms with Gasteiger partial charge in [0.15, 0.2) is 0 Å². The number of piperidine rings is 2. The molecule has 0 aromatic carbocycles. The maximum Gasteiger partial charge on any atom is 0.0951 e. The Bertz CT molecular complexity index is 237. The molecule has 0 aromatic rings. The molecular formula is C15H30N2Si. The van der Waals surface area contributed by atoms with Gasteiger partial charge in [-0.25, -0.2) is 0 Å². The van der Waals surface area contributed by atoms with Crippen LogP contribution < -0.4 is 0 Å². The zero-order valence-electron chi connectivity index (χ0n) is 12.3. The van der Waals surface area contributed by atoms with Crippen molar-refractivity contribution in [2.24, 2.45) is 0 Å². The summed E-state index contributed by atoms with van der Waals surface area (Å²) in [5, 5.41) is 0. The molecule has 18 heavy (non-hydrogen) atoms. The van der Waals surface area contributed by atoms with Crippen LogP contribution in [0.5, 0.6) is 0 Å². The normalized spacial score (nSPS) is 25.9. The third-order valence-corrected chi connectivity index (χ3v) is 7.27. The van der Waals surface area contributed by atoms with Crippen LogP contribution in [0.15, 0.2) is 11.8 Å². The molecule has 1 atom stereocenters. The summed E-state index contributed by atoms with van der Waals surface area (Å²) in [5.41, 5.74) is 2.54. The highest BCUT2D eigenvalue weighted by Gasteiger charge is 2.31. The van der Waals surface area contributed by atoms with Crippen LogP contribution in [0.4, 0.5) is 0 Å². The van der Waals surface area contributed by atoms with Crippen LogP contribution in [0, 0.1) is 0 Å². The predicted octanol–water partition coefficient (Wildman–Crippen LogP) is 2.80. The third kappa shape index (κ3) is 3.69. The van der Waals surface area contributed by atoms with E-state index in [4.69, 9.17) is 0 Å². The molecule has 0 bridgehead atoms. The maximum absolute atomic E-state index is 2.81. The summed E-state index contributed by atoms with van der Waals surface area (Å²) < 4.78 is 0. The minimum atomic E-state index is -0.792. The summed E-state index contributed by atoms with van der Waals surface area (Å²) in [6.07, 6.45) is 10.9. The van der Waals surface area contributed by atoms with E-state index >= 15 is 0 Å². The molecule has 2 saturated heterocycles. The van der Waals surface area contributed by atoms with Crippen molar-refractivity contribution in [2.75, 3.05) is 26.2 Å². The van der Waals surface area contributed by atoms with Crippen molar-refractivity contribution >= 4 is 8.80 Å². The molecule has 2 aliphatic rings. The molecule has 2 fully saturated rings. The predicted molar refractivity (Wildman–Crippen MR) is 82.5 cm³/mol. The Morgan fingerprint density at radius 2 is 1.28 bits per heavy atom. The van der Waals surface area contributed by atoms with Gasteiger partial charge in [-0.2, -0.15) is 0 Å². The van der Waals surface area contributed by atoms with Crippen LogP contribution >= 0.6 is 0 Å². The van der Waals surface area contributed by atoms with Crippen molar-refractivity contribution in [3.8, 4) is 0 Å². The summed E-state index contributed by atoms with van der Waals surface area (Å²) in [6, 6.07) is 0. The lowest BCUT2D eigenvalue weighted by atomic mass is 10.1. The third-order valence-electron chi connectivity index (χ3n) is 4.50. The van der Waals surface area contributed by atoms with E-state index in [-0.39, 0.29) is 0 Å². The summed E-state index contributed by atoms with van der Waals surface area (Å²) in [4.78, 5) is 5.62. The fraction of sp³-hybridized carbons (Fsp3) is 0.867. The first-order valence-electron chi connectivity index (χ1n) is 7.94. The van der Waals surface area contributed by atoms with Crippen molar-refractivity contribution in [1.29, 1.82) is 0 Å². The molecule has 0 saturated carbocycles. The van der Waals surface area contributed by atoms with Gasteiger partial charge in [0, 0.05) is 0 Å². The molecule has 0 N–H and O–H groups in total. The molecule has 0 radical (unpaired) electrons. The monoisotopic (exact) mass is 266 g/mol. The Morgan fingerprint density at radius 3 is 1.67 bits per heavy atom. The van der Waals surface area contributed by atoms with E-state index < -0.39 is 8.80 Å². The lowest BCUT2D eigenvalue weighted by Gasteiger charge is -2.45. The van der Waals surface area contributed by atoms with E-state index in [1.54, 1.807) is 0 Å². The molecular weight excluding hydrogens is 236 g/mol. The number of hydrogen-bond acceptors (Lipinski definition) is 2. The van der Waals surface area contributed by atoms with Crippen LogP contribution in [0.1, 0.15) is 45.4 Å². The average molecular weight is 267 g/mol. The van der Waals surface area contributed by atoms with Gasteiger partial charge < -0.3 is 0 Å². The second-order valence-electron chi connectivity index (χ2n) is 5.99. The highest BCUT2D eigenvalue weighted by Crippen LogP contribution is 2.21. The molecule has 0 aromatic heterocycles. The molecule has 104 valence electrons. The molecule has 2 rings (SSSR count). The molecule has 0 spiro atoms. The molecule has 1 unspecified atom stereocenters.